The second kappa shape index (κ2) is 5.42. The van der Waals surface area contributed by atoms with Gasteiger partial charge in [-0.15, -0.1) is 0 Å². The quantitative estimate of drug-likeness (QED) is 0.746. The van der Waals surface area contributed by atoms with E-state index in [0.29, 0.717) is 23.8 Å². The van der Waals surface area contributed by atoms with Crippen molar-refractivity contribution in [2.45, 2.75) is 6.42 Å². The Kier molecular flexibility index (Phi) is 3.47. The summed E-state index contributed by atoms with van der Waals surface area (Å²) in [6.45, 7) is 0. The Hall–Kier alpha value is -2.21. The Morgan fingerprint density at radius 1 is 1.20 bits per heavy atom. The van der Waals surface area contributed by atoms with Gasteiger partial charge in [-0.25, -0.2) is 0 Å². The summed E-state index contributed by atoms with van der Waals surface area (Å²) in [7, 11) is 0. The predicted molar refractivity (Wildman–Crippen MR) is 78.9 cm³/mol. The lowest BCUT2D eigenvalue weighted by Crippen LogP contribution is -1.93. The molecule has 3 rings (SSSR count). The van der Waals surface area contributed by atoms with Crippen LogP contribution in [0.1, 0.15) is 11.5 Å². The minimum Gasteiger partial charge on any atom is -0.398 e. The summed E-state index contributed by atoms with van der Waals surface area (Å²) >= 11 is 3.38. The topological polar surface area (TPSA) is 77.8 Å². The van der Waals surface area contributed by atoms with E-state index >= 15 is 0 Å². The van der Waals surface area contributed by atoms with Gasteiger partial charge in [0.25, 0.3) is 5.89 Å². The minimum atomic E-state index is 0.469. The third kappa shape index (κ3) is 2.70. The van der Waals surface area contributed by atoms with E-state index in [1.54, 1.807) is 12.3 Å². The number of nitrogens with two attached hydrogens (primary N) is 1. The van der Waals surface area contributed by atoms with Crippen LogP contribution in [0.25, 0.3) is 11.5 Å². The molecule has 5 nitrogen and oxygen atoms in total. The molecule has 0 aliphatic carbocycles. The summed E-state index contributed by atoms with van der Waals surface area (Å²) in [5.41, 5.74) is 8.15. The number of pyridine rings is 1. The lowest BCUT2D eigenvalue weighted by Gasteiger charge is -1.99. The van der Waals surface area contributed by atoms with Crippen LogP contribution in [-0.4, -0.2) is 15.1 Å². The van der Waals surface area contributed by atoms with Crippen LogP contribution in [0.15, 0.2) is 51.6 Å². The van der Waals surface area contributed by atoms with E-state index in [0.717, 1.165) is 15.7 Å². The van der Waals surface area contributed by atoms with Crippen molar-refractivity contribution in [2.75, 3.05) is 5.73 Å². The molecule has 0 aliphatic rings. The first-order valence-electron chi connectivity index (χ1n) is 6.00. The third-order valence-electron chi connectivity index (χ3n) is 2.78. The van der Waals surface area contributed by atoms with Crippen molar-refractivity contribution < 1.29 is 4.52 Å². The molecule has 0 atom stereocenters. The number of anilines is 1. The number of rotatable bonds is 3. The van der Waals surface area contributed by atoms with E-state index in [1.165, 1.54) is 0 Å². The zero-order valence-electron chi connectivity index (χ0n) is 10.5. The maximum atomic E-state index is 5.75. The van der Waals surface area contributed by atoms with Crippen LogP contribution in [0.5, 0.6) is 0 Å². The van der Waals surface area contributed by atoms with Crippen LogP contribution < -0.4 is 5.73 Å². The van der Waals surface area contributed by atoms with Crippen molar-refractivity contribution in [3.05, 3.63) is 58.6 Å². The molecule has 3 aromatic rings. The van der Waals surface area contributed by atoms with Gasteiger partial charge in [-0.1, -0.05) is 11.2 Å². The summed E-state index contributed by atoms with van der Waals surface area (Å²) in [6, 6.07) is 11.2. The smallest absolute Gasteiger partial charge is 0.257 e. The molecule has 2 N–H and O–H groups in total. The van der Waals surface area contributed by atoms with Crippen LogP contribution >= 0.6 is 15.9 Å². The van der Waals surface area contributed by atoms with E-state index in [1.807, 2.05) is 30.3 Å². The van der Waals surface area contributed by atoms with E-state index in [-0.39, 0.29) is 0 Å². The summed E-state index contributed by atoms with van der Waals surface area (Å²) in [5, 5.41) is 3.97. The maximum Gasteiger partial charge on any atom is 0.257 e. The van der Waals surface area contributed by atoms with Crippen LogP contribution in [0.4, 0.5) is 5.69 Å². The zero-order chi connectivity index (χ0) is 13.9. The average Bonchev–Trinajstić information content (AvgIpc) is 2.91. The fourth-order valence-electron chi connectivity index (χ4n) is 1.77. The van der Waals surface area contributed by atoms with E-state index in [9.17, 15) is 0 Å². The van der Waals surface area contributed by atoms with Crippen molar-refractivity contribution >= 4 is 21.6 Å². The summed E-state index contributed by atoms with van der Waals surface area (Å²) in [5.74, 6) is 1.07. The molecule has 0 spiro atoms. The number of aromatic nitrogens is 3. The lowest BCUT2D eigenvalue weighted by atomic mass is 10.2. The monoisotopic (exact) mass is 330 g/mol. The highest BCUT2D eigenvalue weighted by atomic mass is 79.9. The van der Waals surface area contributed by atoms with E-state index in [2.05, 4.69) is 31.1 Å². The first-order valence-corrected chi connectivity index (χ1v) is 6.79. The molecule has 100 valence electrons. The van der Waals surface area contributed by atoms with E-state index in [4.69, 9.17) is 10.3 Å². The molecule has 20 heavy (non-hydrogen) atoms. The Balaban J connectivity index is 1.84. The molecule has 2 aromatic heterocycles. The van der Waals surface area contributed by atoms with Gasteiger partial charge in [-0.3, -0.25) is 4.98 Å². The Labute approximate surface area is 124 Å². The van der Waals surface area contributed by atoms with Crippen molar-refractivity contribution in [1.82, 2.24) is 15.1 Å². The highest BCUT2D eigenvalue weighted by Crippen LogP contribution is 2.26. The Bertz CT molecular complexity index is 727. The first kappa shape index (κ1) is 12.8. The van der Waals surface area contributed by atoms with Gasteiger partial charge in [0, 0.05) is 27.6 Å². The summed E-state index contributed by atoms with van der Waals surface area (Å²) < 4.78 is 6.07. The van der Waals surface area contributed by atoms with E-state index < -0.39 is 0 Å². The average molecular weight is 331 g/mol. The molecule has 0 saturated heterocycles. The third-order valence-corrected chi connectivity index (χ3v) is 3.47. The highest BCUT2D eigenvalue weighted by Gasteiger charge is 2.10. The van der Waals surface area contributed by atoms with Gasteiger partial charge in [0.1, 0.15) is 0 Å². The number of nitrogen functional groups attached to an aromatic ring is 1. The van der Waals surface area contributed by atoms with Gasteiger partial charge in [0.15, 0.2) is 5.82 Å². The SMILES string of the molecule is Nc1ccc(-c2nc(Cc3ccccn3)no2)cc1Br. The normalized spacial score (nSPS) is 10.7. The number of hydrogen-bond donors (Lipinski definition) is 1. The van der Waals surface area contributed by atoms with Gasteiger partial charge >= 0.3 is 0 Å². The second-order valence-corrected chi connectivity index (χ2v) is 5.10. The Morgan fingerprint density at radius 2 is 2.10 bits per heavy atom. The first-order chi connectivity index (χ1) is 9.72. The molecular formula is C14H11BrN4O. The van der Waals surface area contributed by atoms with Crippen LogP contribution in [0, 0.1) is 0 Å². The second-order valence-electron chi connectivity index (χ2n) is 4.25. The fraction of sp³-hybridized carbons (Fsp3) is 0.0714. The van der Waals surface area contributed by atoms with Gasteiger partial charge in [0.2, 0.25) is 0 Å². The number of halogens is 1. The summed E-state index contributed by atoms with van der Waals surface area (Å²) in [6.07, 6.45) is 2.29. The van der Waals surface area contributed by atoms with Crippen molar-refractivity contribution in [3.8, 4) is 11.5 Å². The fourth-order valence-corrected chi connectivity index (χ4v) is 2.15. The molecule has 6 heteroatoms. The zero-order valence-corrected chi connectivity index (χ0v) is 12.0. The van der Waals surface area contributed by atoms with Crippen LogP contribution in [0.2, 0.25) is 0 Å². The molecule has 2 heterocycles. The molecule has 0 aliphatic heterocycles. The highest BCUT2D eigenvalue weighted by molar-refractivity contribution is 9.10. The predicted octanol–water partition coefficient (Wildman–Crippen LogP) is 3.07. The largest absolute Gasteiger partial charge is 0.398 e. The summed E-state index contributed by atoms with van der Waals surface area (Å²) in [4.78, 5) is 8.60. The number of nitrogens with zero attached hydrogens (tertiary/aromatic N) is 3. The number of benzene rings is 1. The van der Waals surface area contributed by atoms with Gasteiger partial charge in [-0.2, -0.15) is 4.98 Å². The molecule has 0 radical (unpaired) electrons. The lowest BCUT2D eigenvalue weighted by molar-refractivity contribution is 0.423. The van der Waals surface area contributed by atoms with Crippen molar-refractivity contribution in [1.29, 1.82) is 0 Å². The molecule has 0 amide bonds. The van der Waals surface area contributed by atoms with Gasteiger partial charge in [-0.05, 0) is 46.3 Å². The molecule has 0 bridgehead atoms. The van der Waals surface area contributed by atoms with Crippen LogP contribution in [-0.2, 0) is 6.42 Å². The van der Waals surface area contributed by atoms with Gasteiger partial charge in [0.05, 0.1) is 6.42 Å². The minimum absolute atomic E-state index is 0.469. The Morgan fingerprint density at radius 3 is 2.85 bits per heavy atom. The molecule has 0 saturated carbocycles. The molecule has 0 unspecified atom stereocenters. The van der Waals surface area contributed by atoms with Crippen LogP contribution in [0.3, 0.4) is 0 Å². The molecular weight excluding hydrogens is 320 g/mol. The van der Waals surface area contributed by atoms with Crippen molar-refractivity contribution in [3.63, 3.8) is 0 Å². The number of hydrogen-bond acceptors (Lipinski definition) is 5. The maximum absolute atomic E-state index is 5.75. The molecule has 0 fully saturated rings. The van der Waals surface area contributed by atoms with Crippen molar-refractivity contribution in [2.24, 2.45) is 0 Å². The standard InChI is InChI=1S/C14H11BrN4O/c15-11-7-9(4-5-12(11)16)14-18-13(19-20-14)8-10-3-1-2-6-17-10/h1-7H,8,16H2. The molecule has 1 aromatic carbocycles. The van der Waals surface area contributed by atoms with Gasteiger partial charge < -0.3 is 10.3 Å².